The highest BCUT2D eigenvalue weighted by atomic mass is 32.2. The quantitative estimate of drug-likeness (QED) is 0.368. The van der Waals surface area contributed by atoms with Crippen LogP contribution in [0.2, 0.25) is 0 Å². The number of rotatable bonds is 7. The highest BCUT2D eigenvalue weighted by molar-refractivity contribution is 8.00. The third kappa shape index (κ3) is 7.22. The summed E-state index contributed by atoms with van der Waals surface area (Å²) < 4.78 is 0. The number of carbonyl (C=O) groups is 2. The molecule has 4 nitrogen and oxygen atoms in total. The van der Waals surface area contributed by atoms with E-state index < -0.39 is 5.25 Å². The summed E-state index contributed by atoms with van der Waals surface area (Å²) in [5.74, 6) is -0.0982. The first-order valence-electron chi connectivity index (χ1n) is 11.1. The molecule has 0 aromatic heterocycles. The minimum Gasteiger partial charge on any atom is -0.326 e. The maximum atomic E-state index is 13.4. The molecular weight excluding hydrogens is 428 g/mol. The van der Waals surface area contributed by atoms with Crippen LogP contribution in [0.5, 0.6) is 0 Å². The number of amides is 2. The van der Waals surface area contributed by atoms with E-state index >= 15 is 0 Å². The number of aryl methyl sites for hydroxylation is 1. The van der Waals surface area contributed by atoms with E-state index in [0.717, 1.165) is 33.0 Å². The Labute approximate surface area is 201 Å². The molecule has 0 aliphatic heterocycles. The van der Waals surface area contributed by atoms with Gasteiger partial charge in [0.15, 0.2) is 0 Å². The lowest BCUT2D eigenvalue weighted by atomic mass is 9.92. The Morgan fingerprint density at radius 2 is 1.58 bits per heavy atom. The van der Waals surface area contributed by atoms with Crippen molar-refractivity contribution in [2.75, 3.05) is 10.6 Å². The molecule has 1 unspecified atom stereocenters. The Morgan fingerprint density at radius 3 is 2.27 bits per heavy atom. The van der Waals surface area contributed by atoms with E-state index in [0.29, 0.717) is 6.42 Å². The molecular formula is C28H32N2O2S. The van der Waals surface area contributed by atoms with Crippen LogP contribution in [0, 0.1) is 19.3 Å². The third-order valence-corrected chi connectivity index (χ3v) is 6.51. The minimum absolute atomic E-state index is 0.0167. The van der Waals surface area contributed by atoms with Crippen molar-refractivity contribution in [2.45, 2.75) is 51.2 Å². The summed E-state index contributed by atoms with van der Waals surface area (Å²) >= 11 is 1.47. The van der Waals surface area contributed by atoms with Crippen LogP contribution in [-0.4, -0.2) is 11.8 Å². The summed E-state index contributed by atoms with van der Waals surface area (Å²) in [5, 5.41) is 5.66. The van der Waals surface area contributed by atoms with Crippen LogP contribution in [0.1, 0.15) is 49.1 Å². The van der Waals surface area contributed by atoms with Crippen molar-refractivity contribution in [1.82, 2.24) is 0 Å². The van der Waals surface area contributed by atoms with Crippen LogP contribution < -0.4 is 10.6 Å². The fourth-order valence-corrected chi connectivity index (χ4v) is 4.54. The zero-order valence-electron chi connectivity index (χ0n) is 19.9. The van der Waals surface area contributed by atoms with Crippen molar-refractivity contribution in [3.63, 3.8) is 0 Å². The molecule has 0 aliphatic carbocycles. The summed E-state index contributed by atoms with van der Waals surface area (Å²) in [6.45, 7) is 10.2. The number of carbonyl (C=O) groups excluding carboxylic acids is 2. The van der Waals surface area contributed by atoms with Crippen molar-refractivity contribution in [2.24, 2.45) is 5.41 Å². The summed E-state index contributed by atoms with van der Waals surface area (Å²) in [4.78, 5) is 26.7. The first-order valence-corrected chi connectivity index (χ1v) is 12.0. The predicted molar refractivity (Wildman–Crippen MR) is 139 cm³/mol. The summed E-state index contributed by atoms with van der Waals surface area (Å²) in [7, 11) is 0. The highest BCUT2D eigenvalue weighted by Gasteiger charge is 2.23. The molecule has 0 fully saturated rings. The maximum Gasteiger partial charge on any atom is 0.242 e. The van der Waals surface area contributed by atoms with E-state index in [9.17, 15) is 9.59 Å². The molecule has 3 aromatic carbocycles. The minimum atomic E-state index is -0.438. The molecule has 0 aliphatic rings. The summed E-state index contributed by atoms with van der Waals surface area (Å²) in [6, 6.07) is 23.3. The van der Waals surface area contributed by atoms with Gasteiger partial charge in [0.1, 0.15) is 5.25 Å². The second-order valence-corrected chi connectivity index (χ2v) is 10.6. The van der Waals surface area contributed by atoms with Crippen LogP contribution in [0.3, 0.4) is 0 Å². The molecule has 1 atom stereocenters. The Morgan fingerprint density at radius 1 is 0.879 bits per heavy atom. The maximum absolute atomic E-state index is 13.4. The van der Waals surface area contributed by atoms with Gasteiger partial charge in [-0.1, -0.05) is 69.3 Å². The van der Waals surface area contributed by atoms with Crippen molar-refractivity contribution in [3.8, 4) is 0 Å². The smallest absolute Gasteiger partial charge is 0.242 e. The molecule has 172 valence electrons. The van der Waals surface area contributed by atoms with Gasteiger partial charge in [-0.25, -0.2) is 0 Å². The molecule has 0 spiro atoms. The van der Waals surface area contributed by atoms with Gasteiger partial charge < -0.3 is 10.6 Å². The second-order valence-electron chi connectivity index (χ2n) is 9.46. The SMILES string of the molecule is Cc1cccc(NC(=O)C(Sc2cccc(NC(=O)CC(C)(C)C)c2)c2ccccc2)c1C. The van der Waals surface area contributed by atoms with E-state index in [1.54, 1.807) is 0 Å². The Balaban J connectivity index is 1.82. The zero-order valence-corrected chi connectivity index (χ0v) is 20.8. The Bertz CT molecular complexity index is 1120. The number of hydrogen-bond donors (Lipinski definition) is 2. The van der Waals surface area contributed by atoms with Crippen molar-refractivity contribution in [3.05, 3.63) is 89.5 Å². The molecule has 2 N–H and O–H groups in total. The lowest BCUT2D eigenvalue weighted by molar-refractivity contribution is -0.118. The van der Waals surface area contributed by atoms with Gasteiger partial charge in [0.25, 0.3) is 0 Å². The molecule has 0 radical (unpaired) electrons. The van der Waals surface area contributed by atoms with E-state index in [2.05, 4.69) is 10.6 Å². The van der Waals surface area contributed by atoms with Crippen LogP contribution in [0.25, 0.3) is 0 Å². The van der Waals surface area contributed by atoms with E-state index in [1.807, 2.05) is 107 Å². The second kappa shape index (κ2) is 10.7. The Hall–Kier alpha value is -3.05. The van der Waals surface area contributed by atoms with Crippen molar-refractivity contribution >= 4 is 35.0 Å². The topological polar surface area (TPSA) is 58.2 Å². The highest BCUT2D eigenvalue weighted by Crippen LogP contribution is 2.37. The number of nitrogens with one attached hydrogen (secondary N) is 2. The van der Waals surface area contributed by atoms with Crippen molar-refractivity contribution in [1.29, 1.82) is 0 Å². The average molecular weight is 461 g/mol. The first-order chi connectivity index (χ1) is 15.6. The monoisotopic (exact) mass is 460 g/mol. The number of hydrogen-bond acceptors (Lipinski definition) is 3. The van der Waals surface area contributed by atoms with Crippen LogP contribution in [0.4, 0.5) is 11.4 Å². The van der Waals surface area contributed by atoms with E-state index in [-0.39, 0.29) is 17.2 Å². The first kappa shape index (κ1) is 24.6. The molecule has 0 bridgehead atoms. The molecule has 3 aromatic rings. The van der Waals surface area contributed by atoms with E-state index in [4.69, 9.17) is 0 Å². The predicted octanol–water partition coefficient (Wildman–Crippen LogP) is 7.15. The lowest BCUT2D eigenvalue weighted by Gasteiger charge is -2.19. The number of anilines is 2. The average Bonchev–Trinajstić information content (AvgIpc) is 2.74. The summed E-state index contributed by atoms with van der Waals surface area (Å²) in [5.41, 5.74) is 4.59. The standard InChI is InChI=1S/C28H32N2O2S/c1-19-11-9-16-24(20(19)2)30-27(32)26(21-12-7-6-8-13-21)33-23-15-10-14-22(17-23)29-25(31)18-28(3,4)5/h6-17,26H,18H2,1-5H3,(H,29,31)(H,30,32). The molecule has 33 heavy (non-hydrogen) atoms. The Kier molecular flexibility index (Phi) is 7.98. The molecule has 3 rings (SSSR count). The zero-order chi connectivity index (χ0) is 24.0. The largest absolute Gasteiger partial charge is 0.326 e. The fraction of sp³-hybridized carbons (Fsp3) is 0.286. The van der Waals surface area contributed by atoms with Crippen molar-refractivity contribution < 1.29 is 9.59 Å². The number of thioether (sulfide) groups is 1. The molecule has 0 saturated heterocycles. The van der Waals surface area contributed by atoms with Gasteiger partial charge in [-0.15, -0.1) is 11.8 Å². The summed E-state index contributed by atoms with van der Waals surface area (Å²) in [6.07, 6.45) is 0.440. The van der Waals surface area contributed by atoms with Gasteiger partial charge in [-0.2, -0.15) is 0 Å². The van der Waals surface area contributed by atoms with Gasteiger partial charge in [-0.3, -0.25) is 9.59 Å². The van der Waals surface area contributed by atoms with Crippen LogP contribution in [-0.2, 0) is 9.59 Å². The normalized spacial score (nSPS) is 12.2. The molecule has 2 amide bonds. The fourth-order valence-electron chi connectivity index (χ4n) is 3.46. The van der Waals surface area contributed by atoms with Gasteiger partial charge in [0, 0.05) is 22.7 Å². The van der Waals surface area contributed by atoms with Gasteiger partial charge >= 0.3 is 0 Å². The number of benzene rings is 3. The van der Waals surface area contributed by atoms with E-state index in [1.165, 1.54) is 11.8 Å². The van der Waals surface area contributed by atoms with Crippen LogP contribution in [0.15, 0.2) is 77.7 Å². The third-order valence-electron chi connectivity index (χ3n) is 5.27. The van der Waals surface area contributed by atoms with Gasteiger partial charge in [0.2, 0.25) is 11.8 Å². The van der Waals surface area contributed by atoms with Gasteiger partial charge in [-0.05, 0) is 60.2 Å². The van der Waals surface area contributed by atoms with Crippen LogP contribution >= 0.6 is 11.8 Å². The molecule has 0 heterocycles. The molecule has 0 saturated carbocycles. The van der Waals surface area contributed by atoms with Gasteiger partial charge in [0.05, 0.1) is 0 Å². The molecule has 5 heteroatoms. The lowest BCUT2D eigenvalue weighted by Crippen LogP contribution is -2.20.